The second-order valence-electron chi connectivity index (χ2n) is 6.95. The molecule has 0 heterocycles. The topological polar surface area (TPSA) is 26.0 Å². The SMILES string of the molecule is CCCCC1(N)CCCCC1(CCCC)CCCC. The molecule has 1 atom stereocenters. The van der Waals surface area contributed by atoms with E-state index in [1.165, 1.54) is 83.5 Å². The largest absolute Gasteiger partial charge is 0.325 e. The molecule has 0 aromatic carbocycles. The van der Waals surface area contributed by atoms with Crippen LogP contribution in [0.1, 0.15) is 104 Å². The van der Waals surface area contributed by atoms with Gasteiger partial charge in [-0.1, -0.05) is 72.1 Å². The van der Waals surface area contributed by atoms with Gasteiger partial charge >= 0.3 is 0 Å². The Balaban J connectivity index is 2.84. The average Bonchev–Trinajstić information content (AvgIpc) is 2.43. The van der Waals surface area contributed by atoms with Crippen molar-refractivity contribution in [2.24, 2.45) is 11.1 Å². The maximum Gasteiger partial charge on any atom is 0.0211 e. The molecule has 1 nitrogen and oxygen atoms in total. The van der Waals surface area contributed by atoms with E-state index in [2.05, 4.69) is 20.8 Å². The van der Waals surface area contributed by atoms with Crippen molar-refractivity contribution in [2.45, 2.75) is 110 Å². The fourth-order valence-corrected chi connectivity index (χ4v) is 4.20. The van der Waals surface area contributed by atoms with Gasteiger partial charge in [0.05, 0.1) is 0 Å². The van der Waals surface area contributed by atoms with Crippen molar-refractivity contribution in [3.8, 4) is 0 Å². The first-order chi connectivity index (χ1) is 9.14. The van der Waals surface area contributed by atoms with Crippen molar-refractivity contribution >= 4 is 0 Å². The van der Waals surface area contributed by atoms with Crippen molar-refractivity contribution < 1.29 is 0 Å². The van der Waals surface area contributed by atoms with Gasteiger partial charge in [-0.2, -0.15) is 0 Å². The normalized spacial score (nSPS) is 26.5. The van der Waals surface area contributed by atoms with Gasteiger partial charge < -0.3 is 5.73 Å². The summed E-state index contributed by atoms with van der Waals surface area (Å²) in [7, 11) is 0. The molecule has 1 aliphatic carbocycles. The summed E-state index contributed by atoms with van der Waals surface area (Å²) in [5, 5.41) is 0. The van der Waals surface area contributed by atoms with Gasteiger partial charge in [-0.15, -0.1) is 0 Å². The summed E-state index contributed by atoms with van der Waals surface area (Å²) >= 11 is 0. The first-order valence-electron chi connectivity index (χ1n) is 8.93. The molecule has 1 rings (SSSR count). The Labute approximate surface area is 121 Å². The van der Waals surface area contributed by atoms with E-state index in [1.807, 2.05) is 0 Å². The monoisotopic (exact) mass is 267 g/mol. The third-order valence-corrected chi connectivity index (χ3v) is 5.58. The van der Waals surface area contributed by atoms with E-state index in [0.717, 1.165) is 0 Å². The minimum atomic E-state index is 0.144. The Hall–Kier alpha value is -0.0400. The molecule has 1 heteroatoms. The molecule has 19 heavy (non-hydrogen) atoms. The molecule has 0 bridgehead atoms. The lowest BCUT2D eigenvalue weighted by Gasteiger charge is -2.53. The fraction of sp³-hybridized carbons (Fsp3) is 1.00. The predicted molar refractivity (Wildman–Crippen MR) is 86.4 cm³/mol. The standard InChI is InChI=1S/C18H37N/c1-4-7-12-17(13-8-5-2)14-10-11-16-18(17,19)15-9-6-3/h4-16,19H2,1-3H3. The third kappa shape index (κ3) is 4.21. The highest BCUT2D eigenvalue weighted by atomic mass is 14.8. The van der Waals surface area contributed by atoms with Gasteiger partial charge in [0, 0.05) is 5.54 Å². The molecule has 0 aromatic heterocycles. The van der Waals surface area contributed by atoms with E-state index in [9.17, 15) is 0 Å². The number of nitrogens with two attached hydrogens (primary N) is 1. The molecule has 1 aliphatic rings. The van der Waals surface area contributed by atoms with E-state index in [4.69, 9.17) is 5.73 Å². The Morgan fingerprint density at radius 1 is 0.737 bits per heavy atom. The van der Waals surface area contributed by atoms with Crippen LogP contribution in [-0.2, 0) is 0 Å². The Morgan fingerprint density at radius 3 is 1.74 bits per heavy atom. The van der Waals surface area contributed by atoms with Gasteiger partial charge in [0.2, 0.25) is 0 Å². The maximum absolute atomic E-state index is 7.01. The van der Waals surface area contributed by atoms with Gasteiger partial charge in [-0.25, -0.2) is 0 Å². The third-order valence-electron chi connectivity index (χ3n) is 5.58. The molecule has 0 radical (unpaired) electrons. The molecule has 1 unspecified atom stereocenters. The molecule has 114 valence electrons. The van der Waals surface area contributed by atoms with Gasteiger partial charge in [0.1, 0.15) is 0 Å². The molecular formula is C18H37N. The zero-order valence-electron chi connectivity index (χ0n) is 13.8. The van der Waals surface area contributed by atoms with Crippen LogP contribution < -0.4 is 5.73 Å². The molecule has 0 spiro atoms. The zero-order chi connectivity index (χ0) is 14.2. The molecule has 0 amide bonds. The van der Waals surface area contributed by atoms with Gasteiger partial charge in [0.25, 0.3) is 0 Å². The average molecular weight is 268 g/mol. The zero-order valence-corrected chi connectivity index (χ0v) is 13.8. The fourth-order valence-electron chi connectivity index (χ4n) is 4.20. The van der Waals surface area contributed by atoms with E-state index in [-0.39, 0.29) is 5.54 Å². The number of hydrogen-bond donors (Lipinski definition) is 1. The number of unbranched alkanes of at least 4 members (excludes halogenated alkanes) is 3. The second kappa shape index (κ2) is 8.29. The lowest BCUT2D eigenvalue weighted by molar-refractivity contribution is 0.0287. The summed E-state index contributed by atoms with van der Waals surface area (Å²) in [6.45, 7) is 6.94. The van der Waals surface area contributed by atoms with E-state index < -0.39 is 0 Å². The number of rotatable bonds is 9. The van der Waals surface area contributed by atoms with Crippen LogP contribution in [0.15, 0.2) is 0 Å². The van der Waals surface area contributed by atoms with E-state index in [1.54, 1.807) is 0 Å². The second-order valence-corrected chi connectivity index (χ2v) is 6.95. The molecule has 0 saturated heterocycles. The van der Waals surface area contributed by atoms with Crippen LogP contribution in [0, 0.1) is 5.41 Å². The molecule has 2 N–H and O–H groups in total. The predicted octanol–water partition coefficient (Wildman–Crippen LogP) is 5.81. The van der Waals surface area contributed by atoms with Crippen molar-refractivity contribution in [1.82, 2.24) is 0 Å². The Morgan fingerprint density at radius 2 is 1.21 bits per heavy atom. The van der Waals surface area contributed by atoms with Crippen LogP contribution in [0.25, 0.3) is 0 Å². The molecule has 1 fully saturated rings. The molecule has 0 aliphatic heterocycles. The first-order valence-corrected chi connectivity index (χ1v) is 8.93. The van der Waals surface area contributed by atoms with Crippen molar-refractivity contribution in [2.75, 3.05) is 0 Å². The van der Waals surface area contributed by atoms with E-state index >= 15 is 0 Å². The Kier molecular flexibility index (Phi) is 7.42. The van der Waals surface area contributed by atoms with Gasteiger partial charge in [-0.3, -0.25) is 0 Å². The number of hydrogen-bond acceptors (Lipinski definition) is 1. The molecule has 1 saturated carbocycles. The van der Waals surface area contributed by atoms with Crippen LogP contribution in [0.5, 0.6) is 0 Å². The summed E-state index contributed by atoms with van der Waals surface area (Å²) in [6.07, 6.45) is 17.4. The Bertz CT molecular complexity index is 228. The van der Waals surface area contributed by atoms with Crippen molar-refractivity contribution in [3.63, 3.8) is 0 Å². The van der Waals surface area contributed by atoms with Crippen LogP contribution in [-0.4, -0.2) is 5.54 Å². The lowest BCUT2D eigenvalue weighted by Crippen LogP contribution is -2.57. The van der Waals surface area contributed by atoms with Crippen LogP contribution >= 0.6 is 0 Å². The summed E-state index contributed by atoms with van der Waals surface area (Å²) in [4.78, 5) is 0. The smallest absolute Gasteiger partial charge is 0.0211 e. The highest BCUT2D eigenvalue weighted by Gasteiger charge is 2.48. The highest BCUT2D eigenvalue weighted by molar-refractivity contribution is 5.04. The van der Waals surface area contributed by atoms with Crippen molar-refractivity contribution in [1.29, 1.82) is 0 Å². The van der Waals surface area contributed by atoms with Crippen LogP contribution in [0.3, 0.4) is 0 Å². The van der Waals surface area contributed by atoms with Gasteiger partial charge in [0.15, 0.2) is 0 Å². The summed E-state index contributed by atoms with van der Waals surface area (Å²) in [5.74, 6) is 0. The molecular weight excluding hydrogens is 230 g/mol. The summed E-state index contributed by atoms with van der Waals surface area (Å²) < 4.78 is 0. The maximum atomic E-state index is 7.01. The van der Waals surface area contributed by atoms with Crippen molar-refractivity contribution in [3.05, 3.63) is 0 Å². The minimum absolute atomic E-state index is 0.144. The lowest BCUT2D eigenvalue weighted by atomic mass is 9.56. The van der Waals surface area contributed by atoms with Gasteiger partial charge in [-0.05, 0) is 37.5 Å². The van der Waals surface area contributed by atoms with E-state index in [0.29, 0.717) is 5.41 Å². The first kappa shape index (κ1) is 17.0. The summed E-state index contributed by atoms with van der Waals surface area (Å²) in [5.41, 5.74) is 7.62. The quantitative estimate of drug-likeness (QED) is 0.560. The highest BCUT2D eigenvalue weighted by Crippen LogP contribution is 2.51. The van der Waals surface area contributed by atoms with Crippen LogP contribution in [0.2, 0.25) is 0 Å². The van der Waals surface area contributed by atoms with Crippen LogP contribution in [0.4, 0.5) is 0 Å². The minimum Gasteiger partial charge on any atom is -0.325 e. The molecule has 0 aromatic rings. The summed E-state index contributed by atoms with van der Waals surface area (Å²) in [6, 6.07) is 0.